The van der Waals surface area contributed by atoms with Crippen molar-refractivity contribution in [1.29, 1.82) is 0 Å². The van der Waals surface area contributed by atoms with E-state index in [9.17, 15) is 13.6 Å². The monoisotopic (exact) mass is 250 g/mol. The molecule has 94 valence electrons. The number of benzene rings is 1. The van der Waals surface area contributed by atoms with E-state index in [1.807, 2.05) is 0 Å². The van der Waals surface area contributed by atoms with Gasteiger partial charge >= 0.3 is 0 Å². The van der Waals surface area contributed by atoms with Crippen molar-refractivity contribution < 1.29 is 18.0 Å². The minimum absolute atomic E-state index is 0.0539. The Morgan fingerprint density at radius 2 is 1.94 bits per heavy atom. The summed E-state index contributed by atoms with van der Waals surface area (Å²) in [5.74, 6) is -0.305. The summed E-state index contributed by atoms with van der Waals surface area (Å²) in [5, 5.41) is 0. The second-order valence-electron chi connectivity index (χ2n) is 4.16. The highest BCUT2D eigenvalue weighted by molar-refractivity contribution is 5.98. The second kappa shape index (κ2) is 4.72. The third kappa shape index (κ3) is 2.47. The van der Waals surface area contributed by atoms with Gasteiger partial charge in [-0.2, -0.15) is 0 Å². The standard InChI is InChI=1S/C14H12F2O2/c1-8-5-12(9(2)18-8)14(17)7-10-6-11(15)3-4-13(10)16/h3-6H,7H2,1-2H3. The maximum Gasteiger partial charge on any atom is 0.170 e. The van der Waals surface area contributed by atoms with E-state index in [0.29, 0.717) is 17.1 Å². The molecule has 0 N–H and O–H groups in total. The minimum atomic E-state index is -0.581. The third-order valence-corrected chi connectivity index (χ3v) is 2.70. The van der Waals surface area contributed by atoms with Crippen LogP contribution in [-0.4, -0.2) is 5.78 Å². The van der Waals surface area contributed by atoms with E-state index in [1.165, 1.54) is 0 Å². The number of aryl methyl sites for hydroxylation is 2. The number of carbonyl (C=O) groups excluding carboxylic acids is 1. The molecular formula is C14H12F2O2. The van der Waals surface area contributed by atoms with Crippen molar-refractivity contribution in [3.8, 4) is 0 Å². The van der Waals surface area contributed by atoms with Gasteiger partial charge < -0.3 is 4.42 Å². The summed E-state index contributed by atoms with van der Waals surface area (Å²) < 4.78 is 31.6. The molecule has 0 saturated heterocycles. The van der Waals surface area contributed by atoms with E-state index in [0.717, 1.165) is 18.2 Å². The van der Waals surface area contributed by atoms with Crippen LogP contribution < -0.4 is 0 Å². The number of hydrogen-bond donors (Lipinski definition) is 0. The molecule has 0 spiro atoms. The molecule has 0 aliphatic heterocycles. The molecule has 1 aromatic heterocycles. The van der Waals surface area contributed by atoms with E-state index in [1.54, 1.807) is 19.9 Å². The van der Waals surface area contributed by atoms with Crippen LogP contribution in [0.15, 0.2) is 28.7 Å². The summed E-state index contributed by atoms with van der Waals surface area (Å²) in [7, 11) is 0. The van der Waals surface area contributed by atoms with E-state index in [-0.39, 0.29) is 17.8 Å². The van der Waals surface area contributed by atoms with Crippen molar-refractivity contribution in [1.82, 2.24) is 0 Å². The fourth-order valence-corrected chi connectivity index (χ4v) is 1.85. The van der Waals surface area contributed by atoms with E-state index in [2.05, 4.69) is 0 Å². The first-order chi connectivity index (χ1) is 8.47. The van der Waals surface area contributed by atoms with Gasteiger partial charge in [-0.1, -0.05) is 0 Å². The fourth-order valence-electron chi connectivity index (χ4n) is 1.85. The van der Waals surface area contributed by atoms with Gasteiger partial charge in [0.05, 0.1) is 5.56 Å². The van der Waals surface area contributed by atoms with Crippen molar-refractivity contribution in [2.45, 2.75) is 20.3 Å². The average molecular weight is 250 g/mol. The first-order valence-electron chi connectivity index (χ1n) is 5.51. The summed E-state index contributed by atoms with van der Waals surface area (Å²) in [6.07, 6.45) is -0.177. The zero-order valence-electron chi connectivity index (χ0n) is 10.1. The molecule has 0 aliphatic rings. The maximum absolute atomic E-state index is 13.4. The number of furan rings is 1. The van der Waals surface area contributed by atoms with Crippen LogP contribution in [-0.2, 0) is 6.42 Å². The maximum atomic E-state index is 13.4. The Labute approximate surface area is 103 Å². The highest BCUT2D eigenvalue weighted by atomic mass is 19.1. The van der Waals surface area contributed by atoms with Gasteiger partial charge in [-0.15, -0.1) is 0 Å². The summed E-state index contributed by atoms with van der Waals surface area (Å²) >= 11 is 0. The molecule has 1 aromatic carbocycles. The Bertz CT molecular complexity index is 600. The van der Waals surface area contributed by atoms with Crippen LogP contribution >= 0.6 is 0 Å². The first kappa shape index (κ1) is 12.5. The number of hydrogen-bond acceptors (Lipinski definition) is 2. The van der Waals surface area contributed by atoms with Crippen LogP contribution in [0, 0.1) is 25.5 Å². The zero-order chi connectivity index (χ0) is 13.3. The lowest BCUT2D eigenvalue weighted by molar-refractivity contribution is 0.0990. The lowest BCUT2D eigenvalue weighted by atomic mass is 10.0. The Balaban J connectivity index is 2.26. The third-order valence-electron chi connectivity index (χ3n) is 2.70. The van der Waals surface area contributed by atoms with Gasteiger partial charge in [0.15, 0.2) is 5.78 Å². The molecule has 0 saturated carbocycles. The second-order valence-corrected chi connectivity index (χ2v) is 4.16. The van der Waals surface area contributed by atoms with Crippen LogP contribution in [0.3, 0.4) is 0 Å². The summed E-state index contributed by atoms with van der Waals surface area (Å²) in [6, 6.07) is 4.69. The van der Waals surface area contributed by atoms with Gasteiger partial charge in [0.1, 0.15) is 23.2 Å². The van der Waals surface area contributed by atoms with E-state index >= 15 is 0 Å². The predicted octanol–water partition coefficient (Wildman–Crippen LogP) is 3.60. The summed E-state index contributed by atoms with van der Waals surface area (Å²) in [5.41, 5.74) is 0.467. The molecule has 0 amide bonds. The summed E-state index contributed by atoms with van der Waals surface area (Å²) in [4.78, 5) is 12.0. The molecule has 0 bridgehead atoms. The normalized spacial score (nSPS) is 10.7. The van der Waals surface area contributed by atoms with Crippen LogP contribution in [0.25, 0.3) is 0 Å². The molecule has 0 unspecified atom stereocenters. The van der Waals surface area contributed by atoms with Crippen LogP contribution in [0.5, 0.6) is 0 Å². The number of ketones is 1. The van der Waals surface area contributed by atoms with E-state index in [4.69, 9.17) is 4.42 Å². The van der Waals surface area contributed by atoms with Gasteiger partial charge in [-0.25, -0.2) is 8.78 Å². The van der Waals surface area contributed by atoms with Crippen molar-refractivity contribution >= 4 is 5.78 Å². The fraction of sp³-hybridized carbons (Fsp3) is 0.214. The van der Waals surface area contributed by atoms with Gasteiger partial charge in [0.2, 0.25) is 0 Å². The lowest BCUT2D eigenvalue weighted by Crippen LogP contribution is -2.06. The van der Waals surface area contributed by atoms with Crippen LogP contribution in [0.1, 0.15) is 27.4 Å². The van der Waals surface area contributed by atoms with Gasteiger partial charge in [-0.3, -0.25) is 4.79 Å². The number of rotatable bonds is 3. The number of halogens is 2. The molecule has 0 fully saturated rings. The quantitative estimate of drug-likeness (QED) is 0.779. The van der Waals surface area contributed by atoms with Gasteiger partial charge in [0, 0.05) is 6.42 Å². The molecule has 18 heavy (non-hydrogen) atoms. The zero-order valence-corrected chi connectivity index (χ0v) is 10.1. The van der Waals surface area contributed by atoms with Crippen LogP contribution in [0.2, 0.25) is 0 Å². The van der Waals surface area contributed by atoms with Crippen molar-refractivity contribution in [3.05, 3.63) is 58.5 Å². The first-order valence-corrected chi connectivity index (χ1v) is 5.51. The molecule has 1 heterocycles. The molecule has 0 radical (unpaired) electrons. The SMILES string of the molecule is Cc1cc(C(=O)Cc2cc(F)ccc2F)c(C)o1. The predicted molar refractivity (Wildman–Crippen MR) is 62.6 cm³/mol. The summed E-state index contributed by atoms with van der Waals surface area (Å²) in [6.45, 7) is 3.40. The number of Topliss-reactive ketones (excluding diaryl/α,β-unsaturated/α-hetero) is 1. The largest absolute Gasteiger partial charge is 0.466 e. The molecule has 4 heteroatoms. The molecule has 0 aliphatic carbocycles. The minimum Gasteiger partial charge on any atom is -0.466 e. The average Bonchev–Trinajstić information content (AvgIpc) is 2.63. The van der Waals surface area contributed by atoms with E-state index < -0.39 is 11.6 Å². The van der Waals surface area contributed by atoms with Gasteiger partial charge in [0.25, 0.3) is 0 Å². The molecular weight excluding hydrogens is 238 g/mol. The molecule has 2 aromatic rings. The highest BCUT2D eigenvalue weighted by Gasteiger charge is 2.16. The van der Waals surface area contributed by atoms with Crippen molar-refractivity contribution in [2.75, 3.05) is 0 Å². The Kier molecular flexibility index (Phi) is 3.28. The topological polar surface area (TPSA) is 30.2 Å². The molecule has 0 atom stereocenters. The molecule has 2 rings (SSSR count). The van der Waals surface area contributed by atoms with Crippen molar-refractivity contribution in [3.63, 3.8) is 0 Å². The molecule has 2 nitrogen and oxygen atoms in total. The highest BCUT2D eigenvalue weighted by Crippen LogP contribution is 2.18. The Morgan fingerprint density at radius 3 is 2.56 bits per heavy atom. The number of carbonyl (C=O) groups is 1. The Morgan fingerprint density at radius 1 is 1.22 bits per heavy atom. The smallest absolute Gasteiger partial charge is 0.170 e. The van der Waals surface area contributed by atoms with Crippen LogP contribution in [0.4, 0.5) is 8.78 Å². The van der Waals surface area contributed by atoms with Crippen molar-refractivity contribution in [2.24, 2.45) is 0 Å². The Hall–Kier alpha value is -1.97. The van der Waals surface area contributed by atoms with Gasteiger partial charge in [-0.05, 0) is 43.7 Å². The lowest BCUT2D eigenvalue weighted by Gasteiger charge is -2.02.